The van der Waals surface area contributed by atoms with Crippen LogP contribution in [0.1, 0.15) is 0 Å². The third kappa shape index (κ3) is 2.95. The molecule has 1 saturated heterocycles. The van der Waals surface area contributed by atoms with Gasteiger partial charge < -0.3 is 9.64 Å². The van der Waals surface area contributed by atoms with Gasteiger partial charge in [-0.3, -0.25) is 9.67 Å². The van der Waals surface area contributed by atoms with Gasteiger partial charge in [0.2, 0.25) is 0 Å². The average Bonchev–Trinajstić information content (AvgIpc) is 3.49. The van der Waals surface area contributed by atoms with Gasteiger partial charge in [-0.25, -0.2) is 14.4 Å². The molecule has 2 aromatic heterocycles. The van der Waals surface area contributed by atoms with E-state index >= 15 is 0 Å². The predicted molar refractivity (Wildman–Crippen MR) is 117 cm³/mol. The molecule has 0 atom stereocenters. The minimum Gasteiger partial charge on any atom is -0.378 e. The van der Waals surface area contributed by atoms with Gasteiger partial charge in [0.1, 0.15) is 18.5 Å². The first kappa shape index (κ1) is 18.0. The number of hydrogen-bond donors (Lipinski definition) is 1. The summed E-state index contributed by atoms with van der Waals surface area (Å²) in [5.41, 5.74) is 4.55. The molecule has 31 heavy (non-hydrogen) atoms. The predicted octanol–water partition coefficient (Wildman–Crippen LogP) is 3.94. The van der Waals surface area contributed by atoms with Gasteiger partial charge in [-0.15, -0.1) is 0 Å². The molecule has 0 bridgehead atoms. The van der Waals surface area contributed by atoms with E-state index in [1.165, 1.54) is 12.4 Å². The molecular weight excluding hydrogens is 395 g/mol. The normalized spacial score (nSPS) is 14.5. The van der Waals surface area contributed by atoms with Gasteiger partial charge in [0, 0.05) is 35.1 Å². The van der Waals surface area contributed by atoms with E-state index in [1.807, 2.05) is 22.8 Å². The van der Waals surface area contributed by atoms with E-state index in [-0.39, 0.29) is 5.82 Å². The highest BCUT2D eigenvalue weighted by molar-refractivity contribution is 5.97. The number of anilines is 1. The Labute approximate surface area is 177 Å². The molecule has 6 rings (SSSR count). The summed E-state index contributed by atoms with van der Waals surface area (Å²) in [6, 6.07) is 15.0. The van der Waals surface area contributed by atoms with E-state index < -0.39 is 0 Å². The first-order valence-electron chi connectivity index (χ1n) is 10.2. The average molecular weight is 414 g/mol. The highest BCUT2D eigenvalue weighted by atomic mass is 19.1. The Hall–Kier alpha value is -3.78. The summed E-state index contributed by atoms with van der Waals surface area (Å²) in [6.07, 6.45) is 3.28. The van der Waals surface area contributed by atoms with Crippen LogP contribution in [0.4, 0.5) is 10.1 Å². The standard InChI is InChI=1S/C23H19FN6O/c24-19-5-1-4-17-16(19)3-2-6-20(17)30-14-26-22-18(23-25-13-27-28-23)11-15(12-21(22)30)29-7-9-31-10-8-29/h1-6,11-14H,7-10H2,(H,25,27,28). The SMILES string of the molecule is Fc1cccc2c(-n3cnc4c(-c5ncn[nH]5)cc(N5CCOCC5)cc43)cccc12. The van der Waals surface area contributed by atoms with Crippen LogP contribution in [-0.2, 0) is 4.74 Å². The quantitative estimate of drug-likeness (QED) is 0.484. The molecule has 1 aliphatic rings. The van der Waals surface area contributed by atoms with Gasteiger partial charge in [0.05, 0.1) is 29.9 Å². The molecule has 0 spiro atoms. The van der Waals surface area contributed by atoms with Gasteiger partial charge in [-0.05, 0) is 24.3 Å². The third-order valence-corrected chi connectivity index (χ3v) is 5.79. The van der Waals surface area contributed by atoms with E-state index in [0.717, 1.165) is 46.4 Å². The Kier molecular flexibility index (Phi) is 4.17. The van der Waals surface area contributed by atoms with E-state index in [9.17, 15) is 4.39 Å². The fraction of sp³-hybridized carbons (Fsp3) is 0.174. The smallest absolute Gasteiger partial charge is 0.157 e. The van der Waals surface area contributed by atoms with Crippen LogP contribution in [-0.4, -0.2) is 51.0 Å². The number of benzene rings is 3. The number of nitrogens with one attached hydrogen (secondary N) is 1. The Morgan fingerprint density at radius 3 is 2.65 bits per heavy atom. The first-order chi connectivity index (χ1) is 15.3. The zero-order valence-electron chi connectivity index (χ0n) is 16.6. The summed E-state index contributed by atoms with van der Waals surface area (Å²) in [5, 5.41) is 8.39. The lowest BCUT2D eigenvalue weighted by molar-refractivity contribution is 0.122. The number of hydrogen-bond acceptors (Lipinski definition) is 5. The van der Waals surface area contributed by atoms with Crippen molar-refractivity contribution in [3.63, 3.8) is 0 Å². The molecule has 3 heterocycles. The molecule has 0 aliphatic carbocycles. The van der Waals surface area contributed by atoms with Gasteiger partial charge >= 0.3 is 0 Å². The number of halogens is 1. The minimum absolute atomic E-state index is 0.236. The van der Waals surface area contributed by atoms with Crippen molar-refractivity contribution in [1.29, 1.82) is 0 Å². The van der Waals surface area contributed by atoms with Gasteiger partial charge in [0.25, 0.3) is 0 Å². The molecule has 154 valence electrons. The summed E-state index contributed by atoms with van der Waals surface area (Å²) in [7, 11) is 0. The molecule has 7 nitrogen and oxygen atoms in total. The van der Waals surface area contributed by atoms with Gasteiger partial charge in [-0.2, -0.15) is 5.10 Å². The van der Waals surface area contributed by atoms with Crippen molar-refractivity contribution < 1.29 is 9.13 Å². The maximum atomic E-state index is 14.4. The van der Waals surface area contributed by atoms with E-state index in [1.54, 1.807) is 18.5 Å². The second kappa shape index (κ2) is 7.17. The molecule has 1 N–H and O–H groups in total. The minimum atomic E-state index is -0.236. The molecule has 1 aliphatic heterocycles. The lowest BCUT2D eigenvalue weighted by atomic mass is 10.1. The molecule has 0 unspecified atom stereocenters. The molecule has 5 aromatic rings. The number of rotatable bonds is 3. The number of aromatic nitrogens is 5. The Balaban J connectivity index is 1.62. The van der Waals surface area contributed by atoms with Crippen LogP contribution in [0.3, 0.4) is 0 Å². The van der Waals surface area contributed by atoms with Crippen molar-refractivity contribution in [2.45, 2.75) is 0 Å². The molecule has 0 amide bonds. The summed E-state index contributed by atoms with van der Waals surface area (Å²) in [5.74, 6) is 0.425. The first-order valence-corrected chi connectivity index (χ1v) is 10.2. The van der Waals surface area contributed by atoms with Crippen molar-refractivity contribution in [1.82, 2.24) is 24.7 Å². The Morgan fingerprint density at radius 2 is 1.81 bits per heavy atom. The number of ether oxygens (including phenoxy) is 1. The third-order valence-electron chi connectivity index (χ3n) is 5.79. The Bertz CT molecular complexity index is 1390. The summed E-state index contributed by atoms with van der Waals surface area (Å²) in [4.78, 5) is 11.4. The molecule has 0 saturated carbocycles. The zero-order chi connectivity index (χ0) is 20.8. The van der Waals surface area contributed by atoms with E-state index in [2.05, 4.69) is 32.2 Å². The van der Waals surface area contributed by atoms with Crippen LogP contribution >= 0.6 is 0 Å². The second-order valence-corrected chi connectivity index (χ2v) is 7.52. The number of nitrogens with zero attached hydrogens (tertiary/aromatic N) is 5. The molecular formula is C23H19FN6O. The second-order valence-electron chi connectivity index (χ2n) is 7.52. The van der Waals surface area contributed by atoms with Crippen LogP contribution in [0.5, 0.6) is 0 Å². The summed E-state index contributed by atoms with van der Waals surface area (Å²) >= 11 is 0. The number of morpholine rings is 1. The van der Waals surface area contributed by atoms with Crippen molar-refractivity contribution in [2.75, 3.05) is 31.2 Å². The fourth-order valence-electron chi connectivity index (χ4n) is 4.28. The number of H-pyrrole nitrogens is 1. The summed E-state index contributed by atoms with van der Waals surface area (Å²) < 4.78 is 22.0. The van der Waals surface area contributed by atoms with Crippen molar-refractivity contribution in [3.8, 4) is 17.1 Å². The number of aromatic amines is 1. The number of imidazole rings is 1. The lowest BCUT2D eigenvalue weighted by Crippen LogP contribution is -2.36. The van der Waals surface area contributed by atoms with Gasteiger partial charge in [0.15, 0.2) is 5.82 Å². The fourth-order valence-corrected chi connectivity index (χ4v) is 4.28. The lowest BCUT2D eigenvalue weighted by Gasteiger charge is -2.29. The zero-order valence-corrected chi connectivity index (χ0v) is 16.6. The highest BCUT2D eigenvalue weighted by Gasteiger charge is 2.19. The molecule has 0 radical (unpaired) electrons. The molecule has 3 aromatic carbocycles. The van der Waals surface area contributed by atoms with E-state index in [4.69, 9.17) is 9.72 Å². The van der Waals surface area contributed by atoms with E-state index in [0.29, 0.717) is 24.4 Å². The highest BCUT2D eigenvalue weighted by Crippen LogP contribution is 2.34. The van der Waals surface area contributed by atoms with Crippen molar-refractivity contribution in [2.24, 2.45) is 0 Å². The maximum absolute atomic E-state index is 14.4. The van der Waals surface area contributed by atoms with Crippen LogP contribution < -0.4 is 4.90 Å². The summed E-state index contributed by atoms with van der Waals surface area (Å²) in [6.45, 7) is 3.01. The van der Waals surface area contributed by atoms with Crippen molar-refractivity contribution in [3.05, 3.63) is 67.0 Å². The Morgan fingerprint density at radius 1 is 0.968 bits per heavy atom. The van der Waals surface area contributed by atoms with Crippen molar-refractivity contribution >= 4 is 27.5 Å². The van der Waals surface area contributed by atoms with Crippen LogP contribution in [0, 0.1) is 5.82 Å². The topological polar surface area (TPSA) is 71.9 Å². The maximum Gasteiger partial charge on any atom is 0.157 e. The molecule has 8 heteroatoms. The molecule has 1 fully saturated rings. The monoisotopic (exact) mass is 414 g/mol. The largest absolute Gasteiger partial charge is 0.378 e. The van der Waals surface area contributed by atoms with Crippen LogP contribution in [0.25, 0.3) is 38.9 Å². The number of fused-ring (bicyclic) bond motifs is 2. The van der Waals surface area contributed by atoms with Gasteiger partial charge in [-0.1, -0.05) is 24.3 Å². The van der Waals surface area contributed by atoms with Crippen LogP contribution in [0.15, 0.2) is 61.2 Å². The van der Waals surface area contributed by atoms with Crippen LogP contribution in [0.2, 0.25) is 0 Å².